The lowest BCUT2D eigenvalue weighted by molar-refractivity contribution is -0.118. The van der Waals surface area contributed by atoms with Crippen LogP contribution in [-0.2, 0) is 4.79 Å². The Hall–Kier alpha value is -1.62. The molecule has 0 saturated heterocycles. The molecule has 1 heterocycles. The van der Waals surface area contributed by atoms with Gasteiger partial charge in [-0.1, -0.05) is 11.6 Å². The van der Waals surface area contributed by atoms with E-state index in [-0.39, 0.29) is 18.1 Å². The van der Waals surface area contributed by atoms with Crippen LogP contribution in [0.4, 0.5) is 0 Å². The highest BCUT2D eigenvalue weighted by Crippen LogP contribution is 2.09. The number of halogens is 1. The molecule has 1 aromatic heterocycles. The summed E-state index contributed by atoms with van der Waals surface area (Å²) in [6, 6.07) is 3.02. The zero-order chi connectivity index (χ0) is 12.1. The molecule has 86 valence electrons. The SMILES string of the molecule is CCN(CC(N)=O)C(=O)c1cc(Cl)ccn1. The number of likely N-dealkylation sites (N-methyl/N-ethyl adjacent to an activating group) is 1. The average molecular weight is 242 g/mol. The van der Waals surface area contributed by atoms with Gasteiger partial charge in [-0.15, -0.1) is 0 Å². The van der Waals surface area contributed by atoms with Gasteiger partial charge in [-0.25, -0.2) is 0 Å². The van der Waals surface area contributed by atoms with Gasteiger partial charge in [0.05, 0.1) is 6.54 Å². The van der Waals surface area contributed by atoms with Crippen molar-refractivity contribution in [2.45, 2.75) is 6.92 Å². The molecule has 6 heteroatoms. The van der Waals surface area contributed by atoms with E-state index in [0.717, 1.165) is 0 Å². The second-order valence-electron chi connectivity index (χ2n) is 3.14. The van der Waals surface area contributed by atoms with Crippen LogP contribution in [0.3, 0.4) is 0 Å². The number of carbonyl (C=O) groups is 2. The predicted molar refractivity (Wildman–Crippen MR) is 60.0 cm³/mol. The van der Waals surface area contributed by atoms with Crippen LogP contribution in [-0.4, -0.2) is 34.8 Å². The molecule has 0 aliphatic rings. The largest absolute Gasteiger partial charge is 0.368 e. The van der Waals surface area contributed by atoms with E-state index in [1.54, 1.807) is 13.0 Å². The molecule has 5 nitrogen and oxygen atoms in total. The summed E-state index contributed by atoms with van der Waals surface area (Å²) in [7, 11) is 0. The summed E-state index contributed by atoms with van der Waals surface area (Å²) in [6.07, 6.45) is 1.44. The number of hydrogen-bond donors (Lipinski definition) is 1. The van der Waals surface area contributed by atoms with Crippen LogP contribution in [0.25, 0.3) is 0 Å². The Kier molecular flexibility index (Phi) is 4.25. The molecule has 16 heavy (non-hydrogen) atoms. The minimum atomic E-state index is -0.558. The fourth-order valence-electron chi connectivity index (χ4n) is 1.20. The van der Waals surface area contributed by atoms with Crippen molar-refractivity contribution in [2.24, 2.45) is 5.73 Å². The van der Waals surface area contributed by atoms with Crippen LogP contribution < -0.4 is 5.73 Å². The van der Waals surface area contributed by atoms with Gasteiger partial charge in [0.1, 0.15) is 5.69 Å². The van der Waals surface area contributed by atoms with Crippen molar-refractivity contribution >= 4 is 23.4 Å². The van der Waals surface area contributed by atoms with E-state index in [1.807, 2.05) is 0 Å². The first kappa shape index (κ1) is 12.4. The third-order valence-corrected chi connectivity index (χ3v) is 2.19. The zero-order valence-corrected chi connectivity index (χ0v) is 9.57. The molecule has 0 bridgehead atoms. The number of amides is 2. The first-order valence-corrected chi connectivity index (χ1v) is 5.11. The number of nitrogens with zero attached hydrogens (tertiary/aromatic N) is 2. The summed E-state index contributed by atoms with van der Waals surface area (Å²) in [5.74, 6) is -0.916. The molecule has 0 aromatic carbocycles. The Morgan fingerprint density at radius 1 is 1.56 bits per heavy atom. The minimum Gasteiger partial charge on any atom is -0.368 e. The maximum atomic E-state index is 11.9. The molecule has 0 unspecified atom stereocenters. The molecule has 0 saturated carbocycles. The first-order chi connectivity index (χ1) is 7.54. The van der Waals surface area contributed by atoms with Gasteiger partial charge in [0.15, 0.2) is 0 Å². The van der Waals surface area contributed by atoms with Gasteiger partial charge in [0.25, 0.3) is 5.91 Å². The van der Waals surface area contributed by atoms with Crippen LogP contribution >= 0.6 is 11.6 Å². The lowest BCUT2D eigenvalue weighted by Crippen LogP contribution is -2.38. The van der Waals surface area contributed by atoms with E-state index >= 15 is 0 Å². The van der Waals surface area contributed by atoms with Gasteiger partial charge >= 0.3 is 0 Å². The van der Waals surface area contributed by atoms with Gasteiger partial charge in [-0.05, 0) is 19.1 Å². The highest BCUT2D eigenvalue weighted by atomic mass is 35.5. The molecular weight excluding hydrogens is 230 g/mol. The molecule has 0 radical (unpaired) electrons. The molecule has 0 aliphatic carbocycles. The Bertz CT molecular complexity index is 409. The molecule has 1 aromatic rings. The molecule has 1 rings (SSSR count). The monoisotopic (exact) mass is 241 g/mol. The van der Waals surface area contributed by atoms with Crippen molar-refractivity contribution in [1.82, 2.24) is 9.88 Å². The van der Waals surface area contributed by atoms with Gasteiger partial charge in [-0.3, -0.25) is 14.6 Å². The Labute approximate surface area is 98.2 Å². The number of pyridine rings is 1. The number of rotatable bonds is 4. The summed E-state index contributed by atoms with van der Waals surface area (Å²) in [4.78, 5) is 27.8. The van der Waals surface area contributed by atoms with Crippen LogP contribution in [0, 0.1) is 0 Å². The van der Waals surface area contributed by atoms with E-state index in [0.29, 0.717) is 11.6 Å². The molecular formula is C10H12ClN3O2. The summed E-state index contributed by atoms with van der Waals surface area (Å²) in [5, 5.41) is 0.425. The molecule has 2 N–H and O–H groups in total. The van der Waals surface area contributed by atoms with Crippen molar-refractivity contribution in [2.75, 3.05) is 13.1 Å². The summed E-state index contributed by atoms with van der Waals surface area (Å²) in [6.45, 7) is 2.02. The van der Waals surface area contributed by atoms with Crippen LogP contribution in [0.2, 0.25) is 5.02 Å². The molecule has 0 aliphatic heterocycles. The maximum absolute atomic E-state index is 11.9. The Morgan fingerprint density at radius 2 is 2.25 bits per heavy atom. The second kappa shape index (κ2) is 5.46. The average Bonchev–Trinajstić information content (AvgIpc) is 2.24. The quantitative estimate of drug-likeness (QED) is 0.842. The lowest BCUT2D eigenvalue weighted by atomic mass is 10.3. The fraction of sp³-hybridized carbons (Fsp3) is 0.300. The lowest BCUT2D eigenvalue weighted by Gasteiger charge is -2.18. The summed E-state index contributed by atoms with van der Waals surface area (Å²) < 4.78 is 0. The topological polar surface area (TPSA) is 76.3 Å². The normalized spacial score (nSPS) is 9.88. The van der Waals surface area contributed by atoms with E-state index in [4.69, 9.17) is 17.3 Å². The van der Waals surface area contributed by atoms with Crippen LogP contribution in [0.1, 0.15) is 17.4 Å². The van der Waals surface area contributed by atoms with Gasteiger partial charge < -0.3 is 10.6 Å². The third kappa shape index (κ3) is 3.20. The molecule has 0 fully saturated rings. The highest BCUT2D eigenvalue weighted by molar-refractivity contribution is 6.30. The number of primary amides is 1. The van der Waals surface area contributed by atoms with Crippen LogP contribution in [0.15, 0.2) is 18.3 Å². The maximum Gasteiger partial charge on any atom is 0.272 e. The van der Waals surface area contributed by atoms with Crippen molar-refractivity contribution < 1.29 is 9.59 Å². The fourth-order valence-corrected chi connectivity index (χ4v) is 1.36. The zero-order valence-electron chi connectivity index (χ0n) is 8.81. The Morgan fingerprint density at radius 3 is 2.75 bits per heavy atom. The van der Waals surface area contributed by atoms with E-state index in [2.05, 4.69) is 4.98 Å². The highest BCUT2D eigenvalue weighted by Gasteiger charge is 2.17. The van der Waals surface area contributed by atoms with Gasteiger partial charge in [0, 0.05) is 17.8 Å². The summed E-state index contributed by atoms with van der Waals surface area (Å²) in [5.41, 5.74) is 5.24. The van der Waals surface area contributed by atoms with E-state index < -0.39 is 5.91 Å². The molecule has 0 atom stereocenters. The standard InChI is InChI=1S/C10H12ClN3O2/c1-2-14(6-9(12)15)10(16)8-5-7(11)3-4-13-8/h3-5H,2,6H2,1H3,(H2,12,15). The number of hydrogen-bond acceptors (Lipinski definition) is 3. The van der Waals surface area contributed by atoms with Crippen LogP contribution in [0.5, 0.6) is 0 Å². The smallest absolute Gasteiger partial charge is 0.272 e. The molecule has 2 amide bonds. The van der Waals surface area contributed by atoms with E-state index in [1.165, 1.54) is 17.2 Å². The summed E-state index contributed by atoms with van der Waals surface area (Å²) >= 11 is 5.74. The van der Waals surface area contributed by atoms with Gasteiger partial charge in [-0.2, -0.15) is 0 Å². The third-order valence-electron chi connectivity index (χ3n) is 1.96. The predicted octanol–water partition coefficient (Wildman–Crippen LogP) is 0.682. The number of nitrogens with two attached hydrogens (primary N) is 1. The first-order valence-electron chi connectivity index (χ1n) is 4.73. The van der Waals surface area contributed by atoms with Crippen molar-refractivity contribution in [3.63, 3.8) is 0 Å². The number of aromatic nitrogens is 1. The Balaban J connectivity index is 2.86. The van der Waals surface area contributed by atoms with Crippen molar-refractivity contribution in [1.29, 1.82) is 0 Å². The second-order valence-corrected chi connectivity index (χ2v) is 3.58. The minimum absolute atomic E-state index is 0.122. The molecule has 0 spiro atoms. The van der Waals surface area contributed by atoms with Crippen molar-refractivity contribution in [3.8, 4) is 0 Å². The van der Waals surface area contributed by atoms with Crippen molar-refractivity contribution in [3.05, 3.63) is 29.0 Å². The number of carbonyl (C=O) groups excluding carboxylic acids is 2. The van der Waals surface area contributed by atoms with Gasteiger partial charge in [0.2, 0.25) is 5.91 Å². The van der Waals surface area contributed by atoms with E-state index in [9.17, 15) is 9.59 Å².